The van der Waals surface area contributed by atoms with Gasteiger partial charge in [0.2, 0.25) is 0 Å². The Hall–Kier alpha value is -4.12. The first-order valence-electron chi connectivity index (χ1n) is 13.4. The largest absolute Gasteiger partial charge is 0.308 e. The van der Waals surface area contributed by atoms with Crippen LogP contribution in [0.15, 0.2) is 102 Å². The molecule has 1 aliphatic rings. The Morgan fingerprint density at radius 2 is 1.40 bits per heavy atom. The number of hydrogen-bond donors (Lipinski definition) is 0. The first kappa shape index (κ1) is 30.8. The average Bonchev–Trinajstić information content (AvgIpc) is 3.38. The summed E-state index contributed by atoms with van der Waals surface area (Å²) in [7, 11) is 0. The first-order valence-corrected chi connectivity index (χ1v) is 13.4. The quantitative estimate of drug-likeness (QED) is 0.137. The van der Waals surface area contributed by atoms with Gasteiger partial charge in [0.15, 0.2) is 0 Å². The van der Waals surface area contributed by atoms with Crippen LogP contribution < -0.4 is 0 Å². The molecule has 0 amide bonds. The van der Waals surface area contributed by atoms with E-state index in [0.717, 1.165) is 17.3 Å². The molecule has 5 aromatic rings. The van der Waals surface area contributed by atoms with Crippen molar-refractivity contribution in [2.24, 2.45) is 4.99 Å². The van der Waals surface area contributed by atoms with Gasteiger partial charge >= 0.3 is 0 Å². The third kappa shape index (κ3) is 6.51. The molecule has 1 unspecified atom stereocenters. The van der Waals surface area contributed by atoms with Gasteiger partial charge in [0.1, 0.15) is 11.9 Å². The van der Waals surface area contributed by atoms with Crippen LogP contribution in [0.4, 0.5) is 8.78 Å². The molecule has 0 saturated carbocycles. The van der Waals surface area contributed by atoms with E-state index < -0.39 is 11.9 Å². The number of allylic oxidation sites excluding steroid dienone is 1. The molecule has 1 atom stereocenters. The standard InChI is InChI=1S/C26H24N.C10H5F2N2.Ir/c1-17-10-8-11-18(2)23(17)22-16-27-26(21-14-6-5-7-15-21)25(22)24-19(3)12-9-13-20(24)4;11-9-5-4-7(10(12)14-9)8-3-1-2-6-13-8;/h5-14,16,25H,1-4H3;1-3,5-6H;/q2*-1;. The minimum Gasteiger partial charge on any atom is -0.308 e. The van der Waals surface area contributed by atoms with Gasteiger partial charge in [0.25, 0.3) is 0 Å². The Morgan fingerprint density at radius 1 is 0.738 bits per heavy atom. The summed E-state index contributed by atoms with van der Waals surface area (Å²) >= 11 is 0. The maximum Gasteiger partial charge on any atom is 0.128 e. The molecule has 1 radical (unpaired) electrons. The summed E-state index contributed by atoms with van der Waals surface area (Å²) in [5.74, 6) is -1.66. The van der Waals surface area contributed by atoms with Crippen LogP contribution in [-0.4, -0.2) is 15.7 Å². The molecule has 6 heteroatoms. The van der Waals surface area contributed by atoms with Crippen molar-refractivity contribution >= 4 is 11.3 Å². The van der Waals surface area contributed by atoms with E-state index in [4.69, 9.17) is 4.99 Å². The number of rotatable bonds is 4. The molecule has 3 aromatic carbocycles. The Kier molecular flexibility index (Phi) is 10.1. The van der Waals surface area contributed by atoms with Crippen molar-refractivity contribution in [2.45, 2.75) is 33.6 Å². The molecule has 3 nitrogen and oxygen atoms in total. The Morgan fingerprint density at radius 3 is 2.00 bits per heavy atom. The second kappa shape index (κ2) is 13.7. The van der Waals surface area contributed by atoms with Gasteiger partial charge < -0.3 is 9.98 Å². The third-order valence-corrected chi connectivity index (χ3v) is 7.18. The van der Waals surface area contributed by atoms with Gasteiger partial charge in [-0.05, 0) is 84.1 Å². The Bertz CT molecular complexity index is 1710. The van der Waals surface area contributed by atoms with Gasteiger partial charge in [-0.25, -0.2) is 8.78 Å². The van der Waals surface area contributed by atoms with E-state index in [2.05, 4.69) is 105 Å². The van der Waals surface area contributed by atoms with Crippen LogP contribution in [0.25, 0.3) is 16.8 Å². The average molecular weight is 734 g/mol. The van der Waals surface area contributed by atoms with Crippen LogP contribution in [0.5, 0.6) is 0 Å². The molecule has 6 rings (SSSR count). The number of pyridine rings is 2. The monoisotopic (exact) mass is 734 g/mol. The smallest absolute Gasteiger partial charge is 0.128 e. The molecule has 0 aliphatic carbocycles. The van der Waals surface area contributed by atoms with Crippen molar-refractivity contribution in [1.82, 2.24) is 9.97 Å². The van der Waals surface area contributed by atoms with Gasteiger partial charge in [0, 0.05) is 38.4 Å². The summed E-state index contributed by atoms with van der Waals surface area (Å²) in [6, 6.07) is 33.0. The number of hydrogen-bond acceptors (Lipinski definition) is 3. The zero-order chi connectivity index (χ0) is 28.9. The zero-order valence-corrected chi connectivity index (χ0v) is 26.1. The van der Waals surface area contributed by atoms with Crippen LogP contribution in [0, 0.1) is 51.7 Å². The molecule has 0 N–H and O–H groups in total. The number of nitrogens with zero attached hydrogens (tertiary/aromatic N) is 3. The van der Waals surface area contributed by atoms with Gasteiger partial charge in [0.05, 0.1) is 0 Å². The van der Waals surface area contributed by atoms with Crippen molar-refractivity contribution in [3.05, 3.63) is 160 Å². The summed E-state index contributed by atoms with van der Waals surface area (Å²) in [5, 5.41) is 0. The van der Waals surface area contributed by atoms with E-state index in [1.54, 1.807) is 18.2 Å². The number of aliphatic imine (C=N–C) groups is 1. The summed E-state index contributed by atoms with van der Waals surface area (Å²) in [5.41, 5.74) is 11.8. The number of aryl methyl sites for hydroxylation is 4. The zero-order valence-electron chi connectivity index (χ0n) is 23.7. The van der Waals surface area contributed by atoms with E-state index in [1.807, 2.05) is 12.1 Å². The molecule has 0 bridgehead atoms. The second-order valence-corrected chi connectivity index (χ2v) is 9.98. The molecular formula is C36H29F2IrN3-2. The van der Waals surface area contributed by atoms with E-state index in [-0.39, 0.29) is 31.6 Å². The van der Waals surface area contributed by atoms with Crippen molar-refractivity contribution in [1.29, 1.82) is 0 Å². The van der Waals surface area contributed by atoms with Crippen LogP contribution in [0.2, 0.25) is 0 Å². The predicted molar refractivity (Wildman–Crippen MR) is 161 cm³/mol. The third-order valence-electron chi connectivity index (χ3n) is 7.18. The minimum absolute atomic E-state index is 0. The number of halogens is 2. The number of benzene rings is 3. The molecule has 0 fully saturated rings. The molecule has 2 aromatic heterocycles. The van der Waals surface area contributed by atoms with Gasteiger partial charge in [-0.1, -0.05) is 60.2 Å². The summed E-state index contributed by atoms with van der Waals surface area (Å²) in [6.45, 7) is 8.79. The minimum atomic E-state index is -0.899. The van der Waals surface area contributed by atoms with Gasteiger partial charge in [-0.15, -0.1) is 42.0 Å². The molecule has 1 aliphatic heterocycles. The van der Waals surface area contributed by atoms with E-state index in [9.17, 15) is 8.78 Å². The predicted octanol–water partition coefficient (Wildman–Crippen LogP) is 8.57. The summed E-state index contributed by atoms with van der Waals surface area (Å²) in [6.07, 6.45) is 3.59. The van der Waals surface area contributed by atoms with Crippen molar-refractivity contribution in [3.8, 4) is 11.3 Å². The molecule has 213 valence electrons. The first-order chi connectivity index (χ1) is 19.8. The molecule has 0 saturated heterocycles. The van der Waals surface area contributed by atoms with Crippen molar-refractivity contribution < 1.29 is 28.9 Å². The number of aromatic nitrogens is 2. The Balaban J connectivity index is 0.000000228. The molecule has 3 heterocycles. The summed E-state index contributed by atoms with van der Waals surface area (Å²) < 4.78 is 25.6. The van der Waals surface area contributed by atoms with Crippen molar-refractivity contribution in [3.63, 3.8) is 0 Å². The van der Waals surface area contributed by atoms with E-state index in [0.29, 0.717) is 5.69 Å². The topological polar surface area (TPSA) is 38.1 Å². The fraction of sp³-hybridized carbons (Fsp3) is 0.139. The molecule has 0 spiro atoms. The van der Waals surface area contributed by atoms with Crippen LogP contribution in [-0.2, 0) is 20.1 Å². The van der Waals surface area contributed by atoms with Crippen molar-refractivity contribution in [2.75, 3.05) is 0 Å². The van der Waals surface area contributed by atoms with E-state index in [1.165, 1.54) is 45.2 Å². The fourth-order valence-electron chi connectivity index (χ4n) is 5.33. The van der Waals surface area contributed by atoms with E-state index >= 15 is 0 Å². The van der Waals surface area contributed by atoms with Crippen LogP contribution in [0.1, 0.15) is 44.9 Å². The van der Waals surface area contributed by atoms with Crippen LogP contribution in [0.3, 0.4) is 0 Å². The summed E-state index contributed by atoms with van der Waals surface area (Å²) in [4.78, 5) is 11.9. The maximum atomic E-state index is 13.1. The SMILES string of the molecule is Cc1cccc(C)c1C1=CN=C(c2[c-]cccc2)C1c1c(C)cccc1C.Fc1c[c-]c(-c2ccccn2)c(F)n1.[Ir]. The molecular weight excluding hydrogens is 705 g/mol. The second-order valence-electron chi connectivity index (χ2n) is 9.98. The van der Waals surface area contributed by atoms with Gasteiger partial charge in [-0.2, -0.15) is 0 Å². The Labute approximate surface area is 259 Å². The van der Waals surface area contributed by atoms with Gasteiger partial charge in [-0.3, -0.25) is 4.98 Å². The maximum absolute atomic E-state index is 13.1. The fourth-order valence-corrected chi connectivity index (χ4v) is 5.33. The normalized spacial score (nSPS) is 13.8. The van der Waals surface area contributed by atoms with Crippen LogP contribution >= 0.6 is 0 Å². The molecule has 42 heavy (non-hydrogen) atoms.